The standard InChI is InChI=1S/C14H21N3O3S/c1-10-2-3-11(9-15)8-13(10)21(19,20)17-6-4-12(5-7-17)14(16)18/h2-3,8,12H,4-7,9,15H2,1H3,(H2,16,18). The molecular formula is C14H21N3O3S. The zero-order valence-electron chi connectivity index (χ0n) is 12.1. The largest absolute Gasteiger partial charge is 0.369 e. The Bertz CT molecular complexity index is 635. The third kappa shape index (κ3) is 3.25. The van der Waals surface area contributed by atoms with Crippen molar-refractivity contribution in [3.8, 4) is 0 Å². The maximum absolute atomic E-state index is 12.7. The molecule has 1 amide bonds. The smallest absolute Gasteiger partial charge is 0.243 e. The lowest BCUT2D eigenvalue weighted by molar-refractivity contribution is -0.122. The van der Waals surface area contributed by atoms with Gasteiger partial charge in [0.05, 0.1) is 4.90 Å². The molecule has 1 fully saturated rings. The molecule has 0 saturated carbocycles. The highest BCUT2D eigenvalue weighted by Crippen LogP contribution is 2.26. The van der Waals surface area contributed by atoms with Crippen LogP contribution in [0.3, 0.4) is 0 Å². The van der Waals surface area contributed by atoms with Crippen LogP contribution in [0.1, 0.15) is 24.0 Å². The first-order valence-corrected chi connectivity index (χ1v) is 8.39. The average molecular weight is 311 g/mol. The molecule has 21 heavy (non-hydrogen) atoms. The van der Waals surface area contributed by atoms with Crippen molar-refractivity contribution in [3.05, 3.63) is 29.3 Å². The van der Waals surface area contributed by atoms with Crippen LogP contribution in [-0.4, -0.2) is 31.7 Å². The number of benzene rings is 1. The number of rotatable bonds is 4. The van der Waals surface area contributed by atoms with Crippen LogP contribution < -0.4 is 11.5 Å². The number of hydrogen-bond donors (Lipinski definition) is 2. The summed E-state index contributed by atoms with van der Waals surface area (Å²) in [4.78, 5) is 11.5. The van der Waals surface area contributed by atoms with Crippen molar-refractivity contribution in [3.63, 3.8) is 0 Å². The van der Waals surface area contributed by atoms with E-state index in [1.807, 2.05) is 6.07 Å². The predicted octanol–water partition coefficient (Wildman–Crippen LogP) is 0.340. The van der Waals surface area contributed by atoms with Crippen molar-refractivity contribution in [2.24, 2.45) is 17.4 Å². The lowest BCUT2D eigenvalue weighted by Crippen LogP contribution is -2.41. The highest BCUT2D eigenvalue weighted by molar-refractivity contribution is 7.89. The minimum absolute atomic E-state index is 0.229. The lowest BCUT2D eigenvalue weighted by atomic mass is 9.98. The molecule has 116 valence electrons. The van der Waals surface area contributed by atoms with Gasteiger partial charge in [0.1, 0.15) is 0 Å². The molecule has 2 rings (SSSR count). The van der Waals surface area contributed by atoms with Crippen LogP contribution in [0.4, 0.5) is 0 Å². The number of sulfonamides is 1. The number of nitrogens with two attached hydrogens (primary N) is 2. The van der Waals surface area contributed by atoms with Crippen LogP contribution in [0.15, 0.2) is 23.1 Å². The number of hydrogen-bond acceptors (Lipinski definition) is 4. The van der Waals surface area contributed by atoms with Gasteiger partial charge in [-0.1, -0.05) is 12.1 Å². The molecule has 1 aliphatic heterocycles. The van der Waals surface area contributed by atoms with Crippen molar-refractivity contribution < 1.29 is 13.2 Å². The summed E-state index contributed by atoms with van der Waals surface area (Å²) < 4.78 is 26.9. The van der Waals surface area contributed by atoms with Gasteiger partial charge in [0, 0.05) is 25.6 Å². The summed E-state index contributed by atoms with van der Waals surface area (Å²) in [6.07, 6.45) is 0.953. The summed E-state index contributed by atoms with van der Waals surface area (Å²) in [5.74, 6) is -0.582. The summed E-state index contributed by atoms with van der Waals surface area (Å²) in [6.45, 7) is 2.71. The van der Waals surface area contributed by atoms with E-state index in [9.17, 15) is 13.2 Å². The first kappa shape index (κ1) is 15.9. The molecule has 0 aliphatic carbocycles. The van der Waals surface area contributed by atoms with Crippen LogP contribution in [0.5, 0.6) is 0 Å². The highest BCUT2D eigenvalue weighted by Gasteiger charge is 2.32. The third-order valence-corrected chi connectivity index (χ3v) is 6.00. The second-order valence-electron chi connectivity index (χ2n) is 5.38. The quantitative estimate of drug-likeness (QED) is 0.836. The molecule has 0 unspecified atom stereocenters. The Balaban J connectivity index is 2.25. The molecule has 1 saturated heterocycles. The molecule has 1 aromatic rings. The van der Waals surface area contributed by atoms with Crippen LogP contribution in [0.25, 0.3) is 0 Å². The Hall–Kier alpha value is -1.44. The molecule has 0 radical (unpaired) electrons. The van der Waals surface area contributed by atoms with Crippen molar-refractivity contribution in [1.29, 1.82) is 0 Å². The second-order valence-corrected chi connectivity index (χ2v) is 7.29. The monoisotopic (exact) mass is 311 g/mol. The van der Waals surface area contributed by atoms with Crippen molar-refractivity contribution in [1.82, 2.24) is 4.31 Å². The van der Waals surface area contributed by atoms with Crippen molar-refractivity contribution in [2.75, 3.05) is 13.1 Å². The first-order valence-electron chi connectivity index (χ1n) is 6.95. The number of carbonyl (C=O) groups excluding carboxylic acids is 1. The summed E-state index contributed by atoms with van der Waals surface area (Å²) in [5, 5.41) is 0. The number of piperidine rings is 1. The average Bonchev–Trinajstić information content (AvgIpc) is 2.47. The normalized spacial score (nSPS) is 17.8. The summed E-state index contributed by atoms with van der Waals surface area (Å²) >= 11 is 0. The number of aryl methyl sites for hydroxylation is 1. The topological polar surface area (TPSA) is 106 Å². The highest BCUT2D eigenvalue weighted by atomic mass is 32.2. The molecule has 6 nitrogen and oxygen atoms in total. The van der Waals surface area contributed by atoms with Crippen molar-refractivity contribution in [2.45, 2.75) is 31.2 Å². The molecular weight excluding hydrogens is 290 g/mol. The van der Waals surface area contributed by atoms with Gasteiger partial charge < -0.3 is 11.5 Å². The second kappa shape index (κ2) is 6.13. The fourth-order valence-corrected chi connectivity index (χ4v) is 4.31. The molecule has 1 heterocycles. The number of nitrogens with zero attached hydrogens (tertiary/aromatic N) is 1. The molecule has 0 aromatic heterocycles. The van der Waals surface area contributed by atoms with Gasteiger partial charge in [-0.2, -0.15) is 4.31 Å². The van der Waals surface area contributed by atoms with E-state index in [-0.39, 0.29) is 11.8 Å². The van der Waals surface area contributed by atoms with Gasteiger partial charge in [0.2, 0.25) is 15.9 Å². The van der Waals surface area contributed by atoms with Gasteiger partial charge in [-0.05, 0) is 37.0 Å². The molecule has 0 bridgehead atoms. The van der Waals surface area contributed by atoms with Crippen molar-refractivity contribution >= 4 is 15.9 Å². The fraction of sp³-hybridized carbons (Fsp3) is 0.500. The van der Waals surface area contributed by atoms with Gasteiger partial charge in [-0.3, -0.25) is 4.79 Å². The van der Waals surface area contributed by atoms with Crippen LogP contribution >= 0.6 is 0 Å². The molecule has 4 N–H and O–H groups in total. The van der Waals surface area contributed by atoms with E-state index in [1.54, 1.807) is 19.1 Å². The van der Waals surface area contributed by atoms with E-state index in [0.29, 0.717) is 42.9 Å². The van der Waals surface area contributed by atoms with Gasteiger partial charge in [-0.25, -0.2) is 8.42 Å². The fourth-order valence-electron chi connectivity index (χ4n) is 2.57. The Morgan fingerprint density at radius 2 is 1.95 bits per heavy atom. The molecule has 7 heteroatoms. The minimum Gasteiger partial charge on any atom is -0.369 e. The Morgan fingerprint density at radius 3 is 2.48 bits per heavy atom. The Morgan fingerprint density at radius 1 is 1.33 bits per heavy atom. The Kier molecular flexibility index (Phi) is 4.65. The van der Waals surface area contributed by atoms with Gasteiger partial charge in [0.15, 0.2) is 0 Å². The minimum atomic E-state index is -3.55. The zero-order valence-corrected chi connectivity index (χ0v) is 12.9. The molecule has 0 atom stereocenters. The summed E-state index contributed by atoms with van der Waals surface area (Å²) in [5.41, 5.74) is 12.3. The van der Waals surface area contributed by atoms with E-state index >= 15 is 0 Å². The molecule has 1 aromatic carbocycles. The molecule has 0 spiro atoms. The lowest BCUT2D eigenvalue weighted by Gasteiger charge is -2.30. The van der Waals surface area contributed by atoms with E-state index in [4.69, 9.17) is 11.5 Å². The number of carbonyl (C=O) groups is 1. The van der Waals surface area contributed by atoms with E-state index in [0.717, 1.165) is 5.56 Å². The van der Waals surface area contributed by atoms with E-state index < -0.39 is 10.0 Å². The van der Waals surface area contributed by atoms with E-state index in [2.05, 4.69) is 0 Å². The van der Waals surface area contributed by atoms with Crippen LogP contribution in [0, 0.1) is 12.8 Å². The summed E-state index contributed by atoms with van der Waals surface area (Å²) in [6, 6.07) is 5.23. The summed E-state index contributed by atoms with van der Waals surface area (Å²) in [7, 11) is -3.55. The predicted molar refractivity (Wildman–Crippen MR) is 79.7 cm³/mol. The van der Waals surface area contributed by atoms with Crippen LogP contribution in [0.2, 0.25) is 0 Å². The number of amides is 1. The number of primary amides is 1. The first-order chi connectivity index (χ1) is 9.86. The third-order valence-electron chi connectivity index (χ3n) is 3.96. The maximum Gasteiger partial charge on any atom is 0.243 e. The maximum atomic E-state index is 12.7. The zero-order chi connectivity index (χ0) is 15.6. The van der Waals surface area contributed by atoms with Crippen LogP contribution in [-0.2, 0) is 21.4 Å². The molecule has 1 aliphatic rings. The van der Waals surface area contributed by atoms with Gasteiger partial charge in [-0.15, -0.1) is 0 Å². The van der Waals surface area contributed by atoms with Gasteiger partial charge >= 0.3 is 0 Å². The van der Waals surface area contributed by atoms with Gasteiger partial charge in [0.25, 0.3) is 0 Å². The Labute approximate surface area is 125 Å². The SMILES string of the molecule is Cc1ccc(CN)cc1S(=O)(=O)N1CCC(C(N)=O)CC1. The van der Waals surface area contributed by atoms with E-state index in [1.165, 1.54) is 4.31 Å².